The van der Waals surface area contributed by atoms with E-state index < -0.39 is 23.1 Å². The van der Waals surface area contributed by atoms with Crippen molar-refractivity contribution in [1.29, 1.82) is 0 Å². The number of esters is 1. The molecule has 0 fully saturated rings. The van der Waals surface area contributed by atoms with Gasteiger partial charge in [0.15, 0.2) is 11.4 Å². The molecule has 36 heavy (non-hydrogen) atoms. The van der Waals surface area contributed by atoms with E-state index >= 15 is 0 Å². The average Bonchev–Trinajstić information content (AvgIpc) is 3.36. The molecule has 0 spiro atoms. The summed E-state index contributed by atoms with van der Waals surface area (Å²) in [6, 6.07) is 6.87. The van der Waals surface area contributed by atoms with Crippen LogP contribution >= 0.6 is 0 Å². The van der Waals surface area contributed by atoms with E-state index in [0.717, 1.165) is 5.56 Å². The Morgan fingerprint density at radius 2 is 1.31 bits per heavy atom. The number of aliphatic hydroxyl groups is 2. The summed E-state index contributed by atoms with van der Waals surface area (Å²) in [5, 5.41) is 28.6. The number of nitrogens with zero attached hydrogens (tertiary/aromatic N) is 4. The zero-order valence-electron chi connectivity index (χ0n) is 21.1. The number of aromatic carboxylic acids is 1. The number of imidazole rings is 2. The first-order valence-electron chi connectivity index (χ1n) is 10.6. The van der Waals surface area contributed by atoms with Gasteiger partial charge in [-0.05, 0) is 70.0 Å². The van der Waals surface area contributed by atoms with Gasteiger partial charge < -0.3 is 25.5 Å². The second-order valence-electron chi connectivity index (χ2n) is 8.72. The van der Waals surface area contributed by atoms with Gasteiger partial charge in [0, 0.05) is 12.4 Å². The number of rotatable bonds is 5. The van der Waals surface area contributed by atoms with E-state index in [9.17, 15) is 19.8 Å². The molecule has 11 nitrogen and oxygen atoms in total. The Morgan fingerprint density at radius 1 is 0.889 bits per heavy atom. The van der Waals surface area contributed by atoms with Crippen molar-refractivity contribution in [3.05, 3.63) is 71.6 Å². The van der Waals surface area contributed by atoms with E-state index in [0.29, 0.717) is 29.2 Å². The number of hydrogen-bond donors (Lipinski definition) is 3. The van der Waals surface area contributed by atoms with Gasteiger partial charge in [0.1, 0.15) is 11.3 Å². The first kappa shape index (κ1) is 30.8. The number of carbonyl (C=O) groups is 2. The van der Waals surface area contributed by atoms with Crippen molar-refractivity contribution in [3.63, 3.8) is 0 Å². The van der Waals surface area contributed by atoms with Gasteiger partial charge in [0.2, 0.25) is 0 Å². The van der Waals surface area contributed by atoms with E-state index in [-0.39, 0.29) is 30.0 Å². The van der Waals surface area contributed by atoms with Crippen LogP contribution in [0, 0.1) is 0 Å². The molecular weight excluding hydrogens is 463 g/mol. The first-order valence-corrected chi connectivity index (χ1v) is 10.6. The molecule has 0 aliphatic heterocycles. The summed E-state index contributed by atoms with van der Waals surface area (Å²) >= 11 is 0. The van der Waals surface area contributed by atoms with Crippen molar-refractivity contribution >= 4 is 23.2 Å². The Balaban J connectivity index is 0.000000343. The number of hydrogen-bond acceptors (Lipinski definition) is 8. The van der Waals surface area contributed by atoms with Crippen LogP contribution in [0.4, 0.5) is 0 Å². The summed E-state index contributed by atoms with van der Waals surface area (Å²) in [5.41, 5.74) is 1.16. The molecule has 12 heteroatoms. The van der Waals surface area contributed by atoms with Crippen molar-refractivity contribution in [2.75, 3.05) is 6.61 Å². The summed E-state index contributed by atoms with van der Waals surface area (Å²) in [7, 11) is 0. The molecule has 0 unspecified atom stereocenters. The molecule has 0 aliphatic carbocycles. The van der Waals surface area contributed by atoms with E-state index in [4.69, 9.17) is 9.84 Å². The van der Waals surface area contributed by atoms with Crippen LogP contribution in [0.5, 0.6) is 0 Å². The van der Waals surface area contributed by atoms with Gasteiger partial charge in [0.25, 0.3) is 0 Å². The largest absolute Gasteiger partial charge is 1.00 e. The predicted molar refractivity (Wildman–Crippen MR) is 126 cm³/mol. The van der Waals surface area contributed by atoms with Crippen LogP contribution in [0.2, 0.25) is 0 Å². The van der Waals surface area contributed by atoms with E-state index in [1.54, 1.807) is 75.7 Å². The molecule has 0 aliphatic rings. The molecule has 0 amide bonds. The maximum Gasteiger partial charge on any atom is 1.00 e. The summed E-state index contributed by atoms with van der Waals surface area (Å²) < 4.78 is 8.06. The molecule has 0 saturated carbocycles. The second kappa shape index (κ2) is 11.7. The molecule has 4 aromatic heterocycles. The zero-order valence-corrected chi connectivity index (χ0v) is 21.1. The van der Waals surface area contributed by atoms with Crippen LogP contribution in [-0.2, 0) is 15.9 Å². The molecule has 4 heterocycles. The predicted octanol–water partition coefficient (Wildman–Crippen LogP) is -0.174. The van der Waals surface area contributed by atoms with Crippen molar-refractivity contribution in [3.8, 4) is 0 Å². The second-order valence-corrected chi connectivity index (χ2v) is 8.72. The third-order valence-electron chi connectivity index (χ3n) is 5.14. The molecule has 188 valence electrons. The van der Waals surface area contributed by atoms with Crippen molar-refractivity contribution in [2.45, 2.75) is 45.8 Å². The van der Waals surface area contributed by atoms with Crippen LogP contribution in [0.1, 0.15) is 66.7 Å². The molecule has 0 aromatic carbocycles. The van der Waals surface area contributed by atoms with Crippen LogP contribution in [0.15, 0.2) is 49.1 Å². The fourth-order valence-electron chi connectivity index (χ4n) is 3.24. The molecule has 0 atom stereocenters. The number of pyridine rings is 2. The molecule has 4 aromatic rings. The maximum atomic E-state index is 11.7. The number of carboxylic acids is 1. The Kier molecular flexibility index (Phi) is 10.0. The van der Waals surface area contributed by atoms with Crippen LogP contribution in [-0.4, -0.2) is 58.1 Å². The summed E-state index contributed by atoms with van der Waals surface area (Å²) in [6.45, 7) is 8.82. The fourth-order valence-corrected chi connectivity index (χ4v) is 3.24. The van der Waals surface area contributed by atoms with Crippen molar-refractivity contribution in [1.82, 2.24) is 18.8 Å². The molecule has 0 radical (unpaired) electrons. The van der Waals surface area contributed by atoms with Crippen molar-refractivity contribution in [2.24, 2.45) is 0 Å². The molecule has 0 bridgehead atoms. The fraction of sp³-hybridized carbons (Fsp3) is 0.333. The average molecular weight is 492 g/mol. The van der Waals surface area contributed by atoms with Crippen LogP contribution in [0.25, 0.3) is 11.3 Å². The monoisotopic (exact) mass is 492 g/mol. The Morgan fingerprint density at radius 3 is 1.69 bits per heavy atom. The molecule has 4 rings (SSSR count). The third kappa shape index (κ3) is 6.72. The van der Waals surface area contributed by atoms with Gasteiger partial charge in [-0.3, -0.25) is 8.80 Å². The SMILES string of the molecule is CC(C)(O)c1ccn2c(C(=O)O)cnc2c1.CCOC(=O)c1cnc2cc(C(C)(C)O)ccn12.[Li+].[OH-]. The number of carbonyl (C=O) groups excluding carboxylic acids is 1. The van der Waals surface area contributed by atoms with E-state index in [2.05, 4.69) is 9.97 Å². The standard InChI is InChI=1S/C13H16N2O3.C11H12N2O3.Li.H2O/c1-4-18-12(16)10-8-14-11-7-9(13(2,3)17)5-6-15(10)11;1-11(2,16)7-3-4-13-8(10(14)15)6-12-9(13)5-7;;/h5-8,17H,4H2,1-3H3;3-6,16H,1-2H3,(H,14,15);;1H2/q;;+1;/p-1. The zero-order chi connectivity index (χ0) is 25.3. The summed E-state index contributed by atoms with van der Waals surface area (Å²) in [4.78, 5) is 30.6. The summed E-state index contributed by atoms with van der Waals surface area (Å²) in [6.07, 6.45) is 6.08. The molecule has 4 N–H and O–H groups in total. The van der Waals surface area contributed by atoms with Crippen molar-refractivity contribution < 1.29 is 54.0 Å². The Bertz CT molecular complexity index is 1350. The minimum absolute atomic E-state index is 0. The molecule has 0 saturated heterocycles. The Hall–Kier alpha value is -3.20. The maximum absolute atomic E-state index is 11.7. The smallest absolute Gasteiger partial charge is 0.870 e. The normalized spacial score (nSPS) is 11.2. The first-order chi connectivity index (χ1) is 15.8. The number of aromatic nitrogens is 4. The number of carboxylic acid groups (broad SMARTS) is 1. The third-order valence-corrected chi connectivity index (χ3v) is 5.14. The van der Waals surface area contributed by atoms with Crippen LogP contribution in [0.3, 0.4) is 0 Å². The van der Waals surface area contributed by atoms with Gasteiger partial charge >= 0.3 is 30.8 Å². The number of ether oxygens (including phenoxy) is 1. The number of fused-ring (bicyclic) bond motifs is 2. The van der Waals surface area contributed by atoms with Gasteiger partial charge in [-0.25, -0.2) is 19.6 Å². The van der Waals surface area contributed by atoms with Gasteiger partial charge in [-0.1, -0.05) is 0 Å². The van der Waals surface area contributed by atoms with E-state index in [1.807, 2.05) is 0 Å². The quantitative estimate of drug-likeness (QED) is 0.253. The summed E-state index contributed by atoms with van der Waals surface area (Å²) in [5.74, 6) is -1.43. The molecular formula is C24H29LiN4O7. The Labute approximate surface area is 219 Å². The van der Waals surface area contributed by atoms with Gasteiger partial charge in [0.05, 0.1) is 30.2 Å². The van der Waals surface area contributed by atoms with E-state index in [1.165, 1.54) is 16.8 Å². The van der Waals surface area contributed by atoms with Gasteiger partial charge in [-0.15, -0.1) is 0 Å². The minimum atomic E-state index is -1.02. The van der Waals surface area contributed by atoms with Crippen LogP contribution < -0.4 is 18.9 Å². The van der Waals surface area contributed by atoms with Gasteiger partial charge in [-0.2, -0.15) is 0 Å². The topological polar surface area (TPSA) is 169 Å². The minimum Gasteiger partial charge on any atom is -0.870 e.